The predicted octanol–water partition coefficient (Wildman–Crippen LogP) is -5.58. The first kappa shape index (κ1) is 19.8. The van der Waals surface area contributed by atoms with Crippen molar-refractivity contribution >= 4 is 17.9 Å². The van der Waals surface area contributed by atoms with Gasteiger partial charge in [0.1, 0.15) is 0 Å². The molecule has 0 saturated heterocycles. The molecule has 0 saturated carbocycles. The van der Waals surface area contributed by atoms with Gasteiger partial charge in [-0.1, -0.05) is 0 Å². The molecule has 0 radical (unpaired) electrons. The second kappa shape index (κ2) is 7.56. The molecule has 0 bridgehead atoms. The van der Waals surface area contributed by atoms with Crippen molar-refractivity contribution in [2.24, 2.45) is 0 Å². The summed E-state index contributed by atoms with van der Waals surface area (Å²) >= 11 is 0. The molecule has 9 heteroatoms. The van der Waals surface area contributed by atoms with Crippen molar-refractivity contribution in [2.45, 2.75) is 18.4 Å². The number of carboxylic acid groups (broad SMARTS) is 3. The van der Waals surface area contributed by atoms with Crippen LogP contribution in [0.2, 0.25) is 0 Å². The van der Waals surface area contributed by atoms with E-state index in [4.69, 9.17) is 15.3 Å². The molecule has 0 rings (SSSR count). The first-order valence-corrected chi connectivity index (χ1v) is 3.15. The summed E-state index contributed by atoms with van der Waals surface area (Å²) < 4.78 is 0. The fourth-order valence-corrected chi connectivity index (χ4v) is 0.703. The standard InChI is InChI=1S/C6H8O7.ClH.Zn/c7-3(8)1-6(13,5(11)12)2-4(9)10;;/h13H,1-2H2,(H,7,8)(H,9,10)(H,11,12);1H;/q;;+2/p-2. The average Bonchev–Trinajstić information content (AvgIpc) is 1.82. The third-order valence-corrected chi connectivity index (χ3v) is 1.28. The van der Waals surface area contributed by atoms with Gasteiger partial charge in [0.15, 0.2) is 5.60 Å². The van der Waals surface area contributed by atoms with Gasteiger partial charge < -0.3 is 37.6 Å². The van der Waals surface area contributed by atoms with Crippen LogP contribution in [-0.4, -0.2) is 38.8 Å². The number of carbonyl (C=O) groups is 3. The van der Waals surface area contributed by atoms with E-state index in [1.165, 1.54) is 0 Å². The Morgan fingerprint density at radius 3 is 1.73 bits per heavy atom. The summed E-state index contributed by atoms with van der Waals surface area (Å²) in [7, 11) is 0. The van der Waals surface area contributed by atoms with Crippen molar-refractivity contribution in [1.82, 2.24) is 0 Å². The van der Waals surface area contributed by atoms with E-state index in [9.17, 15) is 19.5 Å². The maximum absolute atomic E-state index is 10.3. The Bertz CT molecular complexity index is 238. The Hall–Kier alpha value is -0.717. The number of rotatable bonds is 5. The molecule has 0 amide bonds. The summed E-state index contributed by atoms with van der Waals surface area (Å²) in [5, 5.41) is 35.5. The van der Waals surface area contributed by atoms with E-state index in [2.05, 4.69) is 0 Å². The number of aliphatic hydroxyl groups is 1. The van der Waals surface area contributed by atoms with Gasteiger partial charge in [-0.05, 0) is 0 Å². The first-order valence-electron chi connectivity index (χ1n) is 3.15. The molecular weight excluding hydrogens is 285 g/mol. The zero-order valence-electron chi connectivity index (χ0n) is 7.47. The third-order valence-electron chi connectivity index (χ3n) is 1.28. The first-order chi connectivity index (χ1) is 5.78. The van der Waals surface area contributed by atoms with E-state index in [-0.39, 0.29) is 31.9 Å². The smallest absolute Gasteiger partial charge is 1.00 e. The van der Waals surface area contributed by atoms with Crippen molar-refractivity contribution in [3.8, 4) is 0 Å². The normalized spacial score (nSPS) is 12.6. The molecule has 0 aliphatic carbocycles. The van der Waals surface area contributed by atoms with Gasteiger partial charge in [0.2, 0.25) is 0 Å². The van der Waals surface area contributed by atoms with Crippen LogP contribution in [0, 0.1) is 0 Å². The van der Waals surface area contributed by atoms with E-state index in [1.807, 2.05) is 0 Å². The third kappa shape index (κ3) is 7.24. The molecule has 0 aromatic rings. The SMILES string of the molecule is O=C([O-])CC(O)(CC(=O)O)C(=O)O.[Cl-].[Zn+2]. The molecule has 3 N–H and O–H groups in total. The Morgan fingerprint density at radius 1 is 1.13 bits per heavy atom. The molecule has 1 unspecified atom stereocenters. The van der Waals surface area contributed by atoms with Crippen LogP contribution in [0.25, 0.3) is 0 Å². The van der Waals surface area contributed by atoms with Gasteiger partial charge in [-0.15, -0.1) is 0 Å². The van der Waals surface area contributed by atoms with E-state index >= 15 is 0 Å². The molecular formula is C6H7ClO7Zn. The van der Waals surface area contributed by atoms with Gasteiger partial charge in [-0.2, -0.15) is 0 Å². The van der Waals surface area contributed by atoms with Crippen molar-refractivity contribution in [3.05, 3.63) is 0 Å². The molecule has 0 aliphatic rings. The Morgan fingerprint density at radius 2 is 1.53 bits per heavy atom. The summed E-state index contributed by atoms with van der Waals surface area (Å²) in [4.78, 5) is 30.3. The van der Waals surface area contributed by atoms with Crippen LogP contribution < -0.4 is 17.5 Å². The van der Waals surface area contributed by atoms with E-state index < -0.39 is 36.4 Å². The zero-order valence-corrected chi connectivity index (χ0v) is 11.2. The second-order valence-corrected chi connectivity index (χ2v) is 2.46. The maximum atomic E-state index is 10.3. The molecule has 0 aromatic carbocycles. The minimum Gasteiger partial charge on any atom is -1.00 e. The summed E-state index contributed by atoms with van der Waals surface area (Å²) in [6, 6.07) is 0. The second-order valence-electron chi connectivity index (χ2n) is 2.46. The minimum atomic E-state index is -2.80. The molecule has 0 aromatic heterocycles. The van der Waals surface area contributed by atoms with Crippen LogP contribution in [0.3, 0.4) is 0 Å². The van der Waals surface area contributed by atoms with Gasteiger partial charge in [0, 0.05) is 12.4 Å². The van der Waals surface area contributed by atoms with Crippen molar-refractivity contribution in [2.75, 3.05) is 0 Å². The molecule has 0 spiro atoms. The molecule has 82 valence electrons. The summed E-state index contributed by atoms with van der Waals surface area (Å²) in [6.45, 7) is 0. The maximum Gasteiger partial charge on any atom is 2.00 e. The molecule has 7 nitrogen and oxygen atoms in total. The van der Waals surface area contributed by atoms with Gasteiger partial charge in [-0.25, -0.2) is 4.79 Å². The Kier molecular flexibility index (Phi) is 9.98. The number of aliphatic carboxylic acids is 3. The average molecular weight is 292 g/mol. The molecule has 1 atom stereocenters. The summed E-state index contributed by atoms with van der Waals surface area (Å²) in [5.41, 5.74) is -2.80. The van der Waals surface area contributed by atoms with Crippen molar-refractivity contribution in [1.29, 1.82) is 0 Å². The van der Waals surface area contributed by atoms with Crippen molar-refractivity contribution < 1.29 is 66.7 Å². The molecule has 0 fully saturated rings. The predicted molar refractivity (Wildman–Crippen MR) is 34.5 cm³/mol. The Balaban J connectivity index is -0.000000720. The number of carbonyl (C=O) groups excluding carboxylic acids is 1. The van der Waals surface area contributed by atoms with Crippen molar-refractivity contribution in [3.63, 3.8) is 0 Å². The van der Waals surface area contributed by atoms with E-state index in [1.54, 1.807) is 0 Å². The summed E-state index contributed by atoms with van der Waals surface area (Å²) in [5.74, 6) is -5.34. The van der Waals surface area contributed by atoms with Gasteiger partial charge in [-0.3, -0.25) is 4.79 Å². The van der Waals surface area contributed by atoms with Gasteiger partial charge in [0.25, 0.3) is 0 Å². The van der Waals surface area contributed by atoms with Crippen LogP contribution in [0.5, 0.6) is 0 Å². The monoisotopic (exact) mass is 290 g/mol. The van der Waals surface area contributed by atoms with E-state index in [0.717, 1.165) is 0 Å². The largest absolute Gasteiger partial charge is 2.00 e. The van der Waals surface area contributed by atoms with Crippen LogP contribution in [0.15, 0.2) is 0 Å². The number of hydrogen-bond donors (Lipinski definition) is 3. The van der Waals surface area contributed by atoms with Crippen LogP contribution in [-0.2, 0) is 33.9 Å². The number of carboxylic acids is 3. The molecule has 15 heavy (non-hydrogen) atoms. The quantitative estimate of drug-likeness (QED) is 0.430. The van der Waals surface area contributed by atoms with Gasteiger partial charge in [0.05, 0.1) is 6.42 Å². The topological polar surface area (TPSA) is 135 Å². The van der Waals surface area contributed by atoms with Gasteiger partial charge >= 0.3 is 31.4 Å². The molecule has 0 aliphatic heterocycles. The fourth-order valence-electron chi connectivity index (χ4n) is 0.703. The molecule has 0 heterocycles. The Labute approximate surface area is 103 Å². The fraction of sp³-hybridized carbons (Fsp3) is 0.500. The van der Waals surface area contributed by atoms with Crippen LogP contribution >= 0.6 is 0 Å². The van der Waals surface area contributed by atoms with Crippen LogP contribution in [0.4, 0.5) is 0 Å². The number of halogens is 1. The minimum absolute atomic E-state index is 0. The van der Waals surface area contributed by atoms with Crippen LogP contribution in [0.1, 0.15) is 12.8 Å². The number of hydrogen-bond acceptors (Lipinski definition) is 5. The summed E-state index contributed by atoms with van der Waals surface area (Å²) in [6.07, 6.45) is -2.44. The van der Waals surface area contributed by atoms with E-state index in [0.29, 0.717) is 0 Å². The zero-order chi connectivity index (χ0) is 10.6.